The summed E-state index contributed by atoms with van der Waals surface area (Å²) in [5, 5.41) is 8.53. The predicted octanol–water partition coefficient (Wildman–Crippen LogP) is 8.49. The van der Waals surface area contributed by atoms with Gasteiger partial charge in [0.2, 0.25) is 0 Å². The first kappa shape index (κ1) is 22.5. The molecule has 0 saturated heterocycles. The minimum absolute atomic E-state index is 1.04. The summed E-state index contributed by atoms with van der Waals surface area (Å²) in [7, 11) is 0. The highest BCUT2D eigenvalue weighted by atomic mass is 16.2. The summed E-state index contributed by atoms with van der Waals surface area (Å²) in [5.74, 6) is 0. The van der Waals surface area contributed by atoms with Gasteiger partial charge in [0.1, 0.15) is 0 Å². The van der Waals surface area contributed by atoms with Crippen molar-refractivity contribution in [1.82, 2.24) is 0 Å². The Morgan fingerprint density at radius 3 is 1.09 bits per heavy atom. The van der Waals surface area contributed by atoms with E-state index < -0.39 is 0 Å². The number of hydrogen-bond acceptors (Lipinski definition) is 1. The van der Waals surface area contributed by atoms with E-state index in [2.05, 4.69) is 6.92 Å². The maximum atomic E-state index is 8.53. The first-order valence-electron chi connectivity index (χ1n) is 10.7. The van der Waals surface area contributed by atoms with Gasteiger partial charge >= 0.3 is 0 Å². The summed E-state index contributed by atoms with van der Waals surface area (Å²) in [5.41, 5.74) is 0. The van der Waals surface area contributed by atoms with Crippen LogP contribution in [0.15, 0.2) is 12.3 Å². The summed E-state index contributed by atoms with van der Waals surface area (Å²) >= 11 is 0. The van der Waals surface area contributed by atoms with Crippen LogP contribution in [0.1, 0.15) is 129 Å². The monoisotopic (exact) mass is 324 g/mol. The Labute approximate surface area is 147 Å². The summed E-state index contributed by atoms with van der Waals surface area (Å²) in [6.07, 6.45) is 29.7. The van der Waals surface area contributed by atoms with Crippen LogP contribution in [-0.2, 0) is 0 Å². The number of allylic oxidation sites excluding steroid dienone is 1. The lowest BCUT2D eigenvalue weighted by atomic mass is 10.0. The average molecular weight is 325 g/mol. The van der Waals surface area contributed by atoms with Crippen molar-refractivity contribution in [3.63, 3.8) is 0 Å². The number of hydrogen-bond donors (Lipinski definition) is 1. The molecule has 23 heavy (non-hydrogen) atoms. The molecule has 0 unspecified atom stereocenters. The Kier molecular flexibility index (Phi) is 21.1. The molecule has 0 spiro atoms. The number of unbranched alkanes of at least 4 members (excludes halogenated alkanes) is 18. The van der Waals surface area contributed by atoms with Crippen molar-refractivity contribution in [3.05, 3.63) is 12.3 Å². The van der Waals surface area contributed by atoms with Crippen molar-refractivity contribution in [1.29, 1.82) is 0 Å². The summed E-state index contributed by atoms with van der Waals surface area (Å²) in [6.45, 7) is 2.29. The molecule has 0 fully saturated rings. The maximum absolute atomic E-state index is 8.53. The molecule has 0 rings (SSSR count). The molecule has 0 heterocycles. The first-order chi connectivity index (χ1) is 11.4. The molecule has 0 aromatic carbocycles. The Balaban J connectivity index is 2.95. The lowest BCUT2D eigenvalue weighted by Gasteiger charge is -2.03. The normalized spacial score (nSPS) is 11.5. The van der Waals surface area contributed by atoms with Crippen LogP contribution >= 0.6 is 0 Å². The molecule has 138 valence electrons. The van der Waals surface area contributed by atoms with E-state index in [0.29, 0.717) is 0 Å². The van der Waals surface area contributed by atoms with Crippen LogP contribution in [0.2, 0.25) is 0 Å². The van der Waals surface area contributed by atoms with Crippen molar-refractivity contribution >= 4 is 0 Å². The largest absolute Gasteiger partial charge is 0.516 e. The third kappa shape index (κ3) is 21.5. The zero-order valence-corrected chi connectivity index (χ0v) is 16.0. The van der Waals surface area contributed by atoms with Crippen molar-refractivity contribution in [2.75, 3.05) is 0 Å². The van der Waals surface area contributed by atoms with Gasteiger partial charge in [0.05, 0.1) is 6.26 Å². The zero-order chi connectivity index (χ0) is 16.8. The van der Waals surface area contributed by atoms with Crippen molar-refractivity contribution in [3.8, 4) is 0 Å². The molecule has 1 nitrogen and oxygen atoms in total. The van der Waals surface area contributed by atoms with Gasteiger partial charge in [-0.1, -0.05) is 122 Å². The molecule has 0 radical (unpaired) electrons. The lowest BCUT2D eigenvalue weighted by Crippen LogP contribution is -1.84. The fourth-order valence-corrected chi connectivity index (χ4v) is 3.24. The molecule has 0 atom stereocenters. The van der Waals surface area contributed by atoms with E-state index in [9.17, 15) is 0 Å². The highest BCUT2D eigenvalue weighted by Crippen LogP contribution is 2.14. The van der Waals surface area contributed by atoms with Crippen LogP contribution in [0, 0.1) is 0 Å². The third-order valence-corrected chi connectivity index (χ3v) is 4.83. The molecule has 0 aromatic rings. The Morgan fingerprint density at radius 2 is 0.783 bits per heavy atom. The van der Waals surface area contributed by atoms with Gasteiger partial charge in [0, 0.05) is 0 Å². The van der Waals surface area contributed by atoms with Gasteiger partial charge in [-0.15, -0.1) is 0 Å². The minimum Gasteiger partial charge on any atom is -0.516 e. The van der Waals surface area contributed by atoms with Gasteiger partial charge in [-0.25, -0.2) is 0 Å². The molecule has 0 aromatic heterocycles. The summed E-state index contributed by atoms with van der Waals surface area (Å²) in [4.78, 5) is 0. The van der Waals surface area contributed by atoms with Crippen molar-refractivity contribution in [2.24, 2.45) is 0 Å². The van der Waals surface area contributed by atoms with E-state index in [-0.39, 0.29) is 0 Å². The molecule has 0 saturated carbocycles. The second-order valence-corrected chi connectivity index (χ2v) is 7.18. The van der Waals surface area contributed by atoms with Crippen LogP contribution in [0.5, 0.6) is 0 Å². The van der Waals surface area contributed by atoms with Crippen LogP contribution in [0.4, 0.5) is 0 Å². The van der Waals surface area contributed by atoms with Gasteiger partial charge in [-0.05, 0) is 12.8 Å². The quantitative estimate of drug-likeness (QED) is 0.186. The molecule has 0 amide bonds. The number of aliphatic hydroxyl groups is 1. The minimum atomic E-state index is 1.04. The van der Waals surface area contributed by atoms with E-state index in [0.717, 1.165) is 6.42 Å². The molecular weight excluding hydrogens is 280 g/mol. The molecular formula is C22H44O. The molecule has 0 aliphatic carbocycles. The number of rotatable bonds is 19. The highest BCUT2D eigenvalue weighted by Gasteiger charge is 1.94. The fraction of sp³-hybridized carbons (Fsp3) is 0.909. The van der Waals surface area contributed by atoms with E-state index in [1.165, 1.54) is 122 Å². The number of aliphatic hydroxyl groups excluding tert-OH is 1. The third-order valence-electron chi connectivity index (χ3n) is 4.83. The maximum Gasteiger partial charge on any atom is 0.0751 e. The standard InChI is InChI=1S/C22H44O/c1-2-3-4-5-6-7-8-9-10-11-12-13-14-15-16-17-18-19-20-21-22-23/h21-23H,2-20H2,1H3/b22-21-. The molecule has 1 N–H and O–H groups in total. The molecule has 1 heteroatoms. The second kappa shape index (κ2) is 21.5. The van der Waals surface area contributed by atoms with Crippen LogP contribution in [-0.4, -0.2) is 5.11 Å². The SMILES string of the molecule is CCCCCCCCCCCCCCCCCCCC/C=C\O. The topological polar surface area (TPSA) is 20.2 Å². The Hall–Kier alpha value is -0.460. The molecule has 0 aliphatic heterocycles. The van der Waals surface area contributed by atoms with Crippen molar-refractivity contribution < 1.29 is 5.11 Å². The van der Waals surface area contributed by atoms with Gasteiger partial charge < -0.3 is 5.11 Å². The van der Waals surface area contributed by atoms with E-state index in [1.54, 1.807) is 0 Å². The van der Waals surface area contributed by atoms with Crippen molar-refractivity contribution in [2.45, 2.75) is 129 Å². The smallest absolute Gasteiger partial charge is 0.0751 e. The Morgan fingerprint density at radius 1 is 0.478 bits per heavy atom. The average Bonchev–Trinajstić information content (AvgIpc) is 2.57. The van der Waals surface area contributed by atoms with E-state index in [4.69, 9.17) is 5.11 Å². The van der Waals surface area contributed by atoms with E-state index >= 15 is 0 Å². The molecule has 0 bridgehead atoms. The van der Waals surface area contributed by atoms with Crippen LogP contribution < -0.4 is 0 Å². The van der Waals surface area contributed by atoms with Gasteiger partial charge in [-0.3, -0.25) is 0 Å². The fourth-order valence-electron chi connectivity index (χ4n) is 3.24. The summed E-state index contributed by atoms with van der Waals surface area (Å²) in [6, 6.07) is 0. The molecule has 0 aliphatic rings. The van der Waals surface area contributed by atoms with E-state index in [1.807, 2.05) is 6.08 Å². The lowest BCUT2D eigenvalue weighted by molar-refractivity contribution is 0.469. The first-order valence-corrected chi connectivity index (χ1v) is 10.7. The predicted molar refractivity (Wildman–Crippen MR) is 105 cm³/mol. The zero-order valence-electron chi connectivity index (χ0n) is 16.0. The second-order valence-electron chi connectivity index (χ2n) is 7.18. The Bertz CT molecular complexity index is 222. The van der Waals surface area contributed by atoms with Gasteiger partial charge in [-0.2, -0.15) is 0 Å². The van der Waals surface area contributed by atoms with Gasteiger partial charge in [0.15, 0.2) is 0 Å². The van der Waals surface area contributed by atoms with Gasteiger partial charge in [0.25, 0.3) is 0 Å². The highest BCUT2D eigenvalue weighted by molar-refractivity contribution is 4.70. The van der Waals surface area contributed by atoms with Crippen LogP contribution in [0.25, 0.3) is 0 Å². The van der Waals surface area contributed by atoms with Crippen LogP contribution in [0.3, 0.4) is 0 Å². The summed E-state index contributed by atoms with van der Waals surface area (Å²) < 4.78 is 0.